The number of nitrogens with one attached hydrogen (secondary N) is 1. The maximum absolute atomic E-state index is 12.7. The third-order valence-electron chi connectivity index (χ3n) is 3.55. The SMILES string of the molecule is O=S(=O)(NCc1ccc(-c2csnn2)cc1)c1cccc(C(F)(F)F)c1. The van der Waals surface area contributed by atoms with E-state index in [1.807, 2.05) is 0 Å². The van der Waals surface area contributed by atoms with Gasteiger partial charge in [-0.15, -0.1) is 5.10 Å². The van der Waals surface area contributed by atoms with Crippen molar-refractivity contribution >= 4 is 21.6 Å². The largest absolute Gasteiger partial charge is 0.416 e. The first kappa shape index (κ1) is 18.5. The lowest BCUT2D eigenvalue weighted by Gasteiger charge is -2.10. The van der Waals surface area contributed by atoms with Gasteiger partial charge in [0.2, 0.25) is 10.0 Å². The fraction of sp³-hybridized carbons (Fsp3) is 0.125. The molecule has 1 aromatic heterocycles. The van der Waals surface area contributed by atoms with Gasteiger partial charge in [-0.3, -0.25) is 0 Å². The average molecular weight is 399 g/mol. The van der Waals surface area contributed by atoms with Crippen LogP contribution in [0.2, 0.25) is 0 Å². The topological polar surface area (TPSA) is 72.0 Å². The van der Waals surface area contributed by atoms with Gasteiger partial charge in [0.25, 0.3) is 0 Å². The third kappa shape index (κ3) is 4.26. The van der Waals surface area contributed by atoms with E-state index in [0.29, 0.717) is 17.3 Å². The smallest absolute Gasteiger partial charge is 0.207 e. The zero-order valence-electron chi connectivity index (χ0n) is 13.1. The van der Waals surface area contributed by atoms with Gasteiger partial charge >= 0.3 is 6.18 Å². The molecule has 10 heteroatoms. The van der Waals surface area contributed by atoms with Gasteiger partial charge in [-0.2, -0.15) is 13.2 Å². The van der Waals surface area contributed by atoms with Crippen LogP contribution in [0.1, 0.15) is 11.1 Å². The van der Waals surface area contributed by atoms with Gasteiger partial charge in [-0.1, -0.05) is 34.8 Å². The van der Waals surface area contributed by atoms with Gasteiger partial charge in [0.1, 0.15) is 5.69 Å². The molecule has 0 atom stereocenters. The fourth-order valence-electron chi connectivity index (χ4n) is 2.19. The zero-order chi connectivity index (χ0) is 18.8. The van der Waals surface area contributed by atoms with Crippen molar-refractivity contribution in [3.05, 3.63) is 65.0 Å². The summed E-state index contributed by atoms with van der Waals surface area (Å²) in [7, 11) is -4.07. The van der Waals surface area contributed by atoms with Crippen molar-refractivity contribution in [3.63, 3.8) is 0 Å². The van der Waals surface area contributed by atoms with Gasteiger partial charge in [0, 0.05) is 17.5 Å². The average Bonchev–Trinajstić information content (AvgIpc) is 3.15. The number of rotatable bonds is 5. The molecule has 0 aliphatic carbocycles. The van der Waals surface area contributed by atoms with Crippen molar-refractivity contribution in [1.82, 2.24) is 14.3 Å². The van der Waals surface area contributed by atoms with Gasteiger partial charge in [0.05, 0.1) is 10.5 Å². The molecule has 0 radical (unpaired) electrons. The predicted molar refractivity (Wildman–Crippen MR) is 90.8 cm³/mol. The monoisotopic (exact) mass is 399 g/mol. The van der Waals surface area contributed by atoms with Gasteiger partial charge in [-0.05, 0) is 35.3 Å². The molecule has 0 bridgehead atoms. The van der Waals surface area contributed by atoms with Crippen LogP contribution in [0.5, 0.6) is 0 Å². The van der Waals surface area contributed by atoms with E-state index in [9.17, 15) is 21.6 Å². The highest BCUT2D eigenvalue weighted by Crippen LogP contribution is 2.30. The maximum Gasteiger partial charge on any atom is 0.416 e. The molecule has 0 amide bonds. The van der Waals surface area contributed by atoms with Crippen molar-refractivity contribution in [1.29, 1.82) is 0 Å². The van der Waals surface area contributed by atoms with Crippen molar-refractivity contribution in [3.8, 4) is 11.3 Å². The Bertz CT molecular complexity index is 986. The normalized spacial score (nSPS) is 12.3. The highest BCUT2D eigenvalue weighted by atomic mass is 32.2. The molecule has 5 nitrogen and oxygen atoms in total. The van der Waals surface area contributed by atoms with E-state index < -0.39 is 26.7 Å². The van der Waals surface area contributed by atoms with Crippen LogP contribution in [0.15, 0.2) is 58.8 Å². The van der Waals surface area contributed by atoms with E-state index in [1.165, 1.54) is 11.5 Å². The lowest BCUT2D eigenvalue weighted by atomic mass is 10.1. The second-order valence-corrected chi connectivity index (χ2v) is 7.71. The molecule has 1 N–H and O–H groups in total. The summed E-state index contributed by atoms with van der Waals surface area (Å²) >= 11 is 1.22. The number of hydrogen-bond acceptors (Lipinski definition) is 5. The summed E-state index contributed by atoms with van der Waals surface area (Å²) in [6, 6.07) is 10.6. The molecular weight excluding hydrogens is 387 g/mol. The number of alkyl halides is 3. The highest BCUT2D eigenvalue weighted by Gasteiger charge is 2.31. The van der Waals surface area contributed by atoms with E-state index in [2.05, 4.69) is 14.3 Å². The Morgan fingerprint density at radius 1 is 1.08 bits per heavy atom. The molecular formula is C16H12F3N3O2S2. The number of aromatic nitrogens is 2. The van der Waals surface area contributed by atoms with Crippen LogP contribution in [0.4, 0.5) is 13.2 Å². The summed E-state index contributed by atoms with van der Waals surface area (Å²) in [5.41, 5.74) is 1.20. The van der Waals surface area contributed by atoms with Crippen molar-refractivity contribution in [2.45, 2.75) is 17.6 Å². The van der Waals surface area contributed by atoms with E-state index >= 15 is 0 Å². The Morgan fingerprint density at radius 3 is 2.42 bits per heavy atom. The molecule has 26 heavy (non-hydrogen) atoms. The first-order valence-electron chi connectivity index (χ1n) is 7.29. The van der Waals surface area contributed by atoms with Crippen LogP contribution in [-0.2, 0) is 22.7 Å². The maximum atomic E-state index is 12.7. The second-order valence-electron chi connectivity index (χ2n) is 5.34. The summed E-state index contributed by atoms with van der Waals surface area (Å²) in [4.78, 5) is -0.433. The lowest BCUT2D eigenvalue weighted by molar-refractivity contribution is -0.137. The van der Waals surface area contributed by atoms with Crippen molar-refractivity contribution < 1.29 is 21.6 Å². The van der Waals surface area contributed by atoms with E-state index in [1.54, 1.807) is 29.6 Å². The van der Waals surface area contributed by atoms with Gasteiger partial charge < -0.3 is 0 Å². The molecule has 3 aromatic rings. The highest BCUT2D eigenvalue weighted by molar-refractivity contribution is 7.89. The minimum absolute atomic E-state index is 0.0474. The second kappa shape index (κ2) is 7.14. The molecule has 0 saturated heterocycles. The standard InChI is InChI=1S/C16H12F3N3O2S2/c17-16(18,19)13-2-1-3-14(8-13)26(23,24)20-9-11-4-6-12(7-5-11)15-10-25-22-21-15/h1-8,10,20H,9H2. The molecule has 0 aliphatic rings. The van der Waals surface area contributed by atoms with Crippen LogP contribution in [0.3, 0.4) is 0 Å². The summed E-state index contributed by atoms with van der Waals surface area (Å²) < 4.78 is 68.8. The first-order chi connectivity index (χ1) is 12.3. The van der Waals surface area contributed by atoms with Gasteiger partial charge in [-0.25, -0.2) is 13.1 Å². The summed E-state index contributed by atoms with van der Waals surface area (Å²) in [6.07, 6.45) is -4.61. The molecule has 2 aromatic carbocycles. The Balaban J connectivity index is 1.72. The van der Waals surface area contributed by atoms with E-state index in [0.717, 1.165) is 23.8 Å². The Labute approximate surface area is 151 Å². The van der Waals surface area contributed by atoms with Gasteiger partial charge in [0.15, 0.2) is 0 Å². The van der Waals surface area contributed by atoms with E-state index in [4.69, 9.17) is 0 Å². The Hall–Kier alpha value is -2.30. The number of nitrogens with zero attached hydrogens (tertiary/aromatic N) is 2. The molecule has 0 unspecified atom stereocenters. The van der Waals surface area contributed by atoms with Crippen LogP contribution in [0.25, 0.3) is 11.3 Å². The lowest BCUT2D eigenvalue weighted by Crippen LogP contribution is -2.23. The number of benzene rings is 2. The molecule has 0 aliphatic heterocycles. The van der Waals surface area contributed by atoms with Crippen molar-refractivity contribution in [2.24, 2.45) is 0 Å². The predicted octanol–water partition coefficient (Wildman–Crippen LogP) is 3.70. The van der Waals surface area contributed by atoms with Crippen molar-refractivity contribution in [2.75, 3.05) is 0 Å². The first-order valence-corrected chi connectivity index (χ1v) is 9.61. The molecule has 0 fully saturated rings. The van der Waals surface area contributed by atoms with Crippen LogP contribution in [-0.4, -0.2) is 18.0 Å². The Kier molecular flexibility index (Phi) is 5.08. The molecule has 1 heterocycles. The summed E-state index contributed by atoms with van der Waals surface area (Å²) in [5.74, 6) is 0. The van der Waals surface area contributed by atoms with Crippen LogP contribution < -0.4 is 4.72 Å². The van der Waals surface area contributed by atoms with Crippen LogP contribution in [0, 0.1) is 0 Å². The van der Waals surface area contributed by atoms with E-state index in [-0.39, 0.29) is 6.54 Å². The third-order valence-corrected chi connectivity index (χ3v) is 5.45. The number of hydrogen-bond donors (Lipinski definition) is 1. The molecule has 0 spiro atoms. The molecule has 136 valence electrons. The minimum atomic E-state index is -4.61. The summed E-state index contributed by atoms with van der Waals surface area (Å²) in [6.45, 7) is -0.0474. The molecule has 0 saturated carbocycles. The Morgan fingerprint density at radius 2 is 1.81 bits per heavy atom. The zero-order valence-corrected chi connectivity index (χ0v) is 14.7. The summed E-state index contributed by atoms with van der Waals surface area (Å²) in [5, 5.41) is 5.72. The fourth-order valence-corrected chi connectivity index (χ4v) is 3.71. The minimum Gasteiger partial charge on any atom is -0.207 e. The number of halogens is 3. The number of sulfonamides is 1. The molecule has 3 rings (SSSR count). The van der Waals surface area contributed by atoms with Crippen LogP contribution >= 0.6 is 11.5 Å². The quantitative estimate of drug-likeness (QED) is 0.710.